The van der Waals surface area contributed by atoms with Gasteiger partial charge in [0, 0.05) is 49.9 Å². The van der Waals surface area contributed by atoms with Gasteiger partial charge >= 0.3 is 0 Å². The van der Waals surface area contributed by atoms with Crippen LogP contribution in [0.3, 0.4) is 0 Å². The summed E-state index contributed by atoms with van der Waals surface area (Å²) < 4.78 is 0. The highest BCUT2D eigenvalue weighted by atomic mass is 16.2. The third kappa shape index (κ3) is 4.93. The van der Waals surface area contributed by atoms with Crippen molar-refractivity contribution in [1.82, 2.24) is 10.2 Å². The van der Waals surface area contributed by atoms with E-state index in [4.69, 9.17) is 0 Å². The predicted molar refractivity (Wildman–Crippen MR) is 99.7 cm³/mol. The minimum Gasteiger partial charge on any atom is -0.356 e. The molecular weight excluding hydrogens is 328 g/mol. The van der Waals surface area contributed by atoms with Crippen LogP contribution in [0.1, 0.15) is 61.7 Å². The summed E-state index contributed by atoms with van der Waals surface area (Å²) in [4.78, 5) is 38.2. The molecule has 2 fully saturated rings. The zero-order chi connectivity index (χ0) is 18.4. The van der Waals surface area contributed by atoms with Gasteiger partial charge in [-0.15, -0.1) is 0 Å². The molecule has 1 aromatic rings. The van der Waals surface area contributed by atoms with Crippen LogP contribution in [-0.4, -0.2) is 41.6 Å². The van der Waals surface area contributed by atoms with Crippen LogP contribution in [0, 0.1) is 5.92 Å². The monoisotopic (exact) mass is 356 g/mol. The van der Waals surface area contributed by atoms with Gasteiger partial charge in [0.05, 0.1) is 0 Å². The van der Waals surface area contributed by atoms with Gasteiger partial charge in [-0.1, -0.05) is 43.2 Å². The summed E-state index contributed by atoms with van der Waals surface area (Å²) >= 11 is 0. The van der Waals surface area contributed by atoms with E-state index in [1.807, 2.05) is 23.1 Å². The Morgan fingerprint density at radius 2 is 1.81 bits per heavy atom. The van der Waals surface area contributed by atoms with Gasteiger partial charge in [-0.05, 0) is 19.3 Å². The van der Waals surface area contributed by atoms with E-state index in [1.165, 1.54) is 12.8 Å². The second-order valence-electron chi connectivity index (χ2n) is 7.50. The molecule has 0 radical (unpaired) electrons. The van der Waals surface area contributed by atoms with Gasteiger partial charge < -0.3 is 10.2 Å². The molecule has 2 amide bonds. The van der Waals surface area contributed by atoms with E-state index in [-0.39, 0.29) is 23.5 Å². The van der Waals surface area contributed by atoms with Crippen molar-refractivity contribution in [2.45, 2.75) is 57.4 Å². The molecule has 1 heterocycles. The van der Waals surface area contributed by atoms with Gasteiger partial charge in [0.15, 0.2) is 5.78 Å². The molecule has 1 saturated carbocycles. The summed E-state index contributed by atoms with van der Waals surface area (Å²) in [6.07, 6.45) is 6.52. The number of likely N-dealkylation sites (tertiary alicyclic amines) is 1. The van der Waals surface area contributed by atoms with Crippen LogP contribution in [0.2, 0.25) is 0 Å². The second-order valence-corrected chi connectivity index (χ2v) is 7.50. The minimum absolute atomic E-state index is 0.0300. The van der Waals surface area contributed by atoms with Crippen molar-refractivity contribution < 1.29 is 14.4 Å². The Balaban J connectivity index is 1.33. The smallest absolute Gasteiger partial charge is 0.223 e. The Bertz CT molecular complexity index is 638. The minimum atomic E-state index is -0.0300. The van der Waals surface area contributed by atoms with Crippen molar-refractivity contribution in [3.8, 4) is 0 Å². The van der Waals surface area contributed by atoms with Crippen molar-refractivity contribution in [2.75, 3.05) is 13.1 Å². The summed E-state index contributed by atoms with van der Waals surface area (Å²) in [5.74, 6) is 0.507. The number of rotatable bonds is 8. The van der Waals surface area contributed by atoms with Gasteiger partial charge in [0.2, 0.25) is 11.8 Å². The van der Waals surface area contributed by atoms with Crippen molar-refractivity contribution in [2.24, 2.45) is 5.92 Å². The molecule has 0 bridgehead atoms. The third-order valence-corrected chi connectivity index (χ3v) is 5.50. The number of benzene rings is 1. The zero-order valence-corrected chi connectivity index (χ0v) is 15.3. The maximum absolute atomic E-state index is 12.2. The fourth-order valence-electron chi connectivity index (χ4n) is 4.04. The van der Waals surface area contributed by atoms with Crippen LogP contribution in [0.15, 0.2) is 30.3 Å². The first kappa shape index (κ1) is 18.6. The van der Waals surface area contributed by atoms with Crippen molar-refractivity contribution in [1.29, 1.82) is 0 Å². The molecule has 1 aliphatic carbocycles. The molecule has 0 spiro atoms. The van der Waals surface area contributed by atoms with Crippen LogP contribution < -0.4 is 5.32 Å². The van der Waals surface area contributed by atoms with E-state index in [0.29, 0.717) is 43.8 Å². The molecule has 1 atom stereocenters. The van der Waals surface area contributed by atoms with Crippen molar-refractivity contribution >= 4 is 17.6 Å². The molecule has 0 unspecified atom stereocenters. The maximum atomic E-state index is 12.2. The Labute approximate surface area is 155 Å². The van der Waals surface area contributed by atoms with Gasteiger partial charge in [-0.3, -0.25) is 14.4 Å². The lowest BCUT2D eigenvalue weighted by Crippen LogP contribution is -2.36. The molecule has 1 saturated heterocycles. The molecular formula is C21H28N2O3. The van der Waals surface area contributed by atoms with E-state index >= 15 is 0 Å². The highest BCUT2D eigenvalue weighted by molar-refractivity contribution is 5.96. The third-order valence-electron chi connectivity index (χ3n) is 5.50. The van der Waals surface area contributed by atoms with Crippen LogP contribution in [0.25, 0.3) is 0 Å². The highest BCUT2D eigenvalue weighted by Gasteiger charge is 2.35. The average molecular weight is 356 g/mol. The van der Waals surface area contributed by atoms with E-state index in [2.05, 4.69) is 5.32 Å². The zero-order valence-electron chi connectivity index (χ0n) is 15.3. The van der Waals surface area contributed by atoms with Crippen LogP contribution in [0.4, 0.5) is 0 Å². The van der Waals surface area contributed by atoms with E-state index in [1.54, 1.807) is 12.1 Å². The summed E-state index contributed by atoms with van der Waals surface area (Å²) in [7, 11) is 0. The summed E-state index contributed by atoms with van der Waals surface area (Å²) in [6.45, 7) is 1.33. The van der Waals surface area contributed by atoms with Crippen LogP contribution in [-0.2, 0) is 9.59 Å². The van der Waals surface area contributed by atoms with Gasteiger partial charge in [0.1, 0.15) is 0 Å². The number of carbonyl (C=O) groups excluding carboxylic acids is 3. The van der Waals surface area contributed by atoms with Crippen molar-refractivity contribution in [3.63, 3.8) is 0 Å². The molecule has 140 valence electrons. The molecule has 26 heavy (non-hydrogen) atoms. The normalized spacial score (nSPS) is 20.5. The topological polar surface area (TPSA) is 66.5 Å². The molecule has 3 rings (SSSR count). The number of ketones is 1. The lowest BCUT2D eigenvalue weighted by atomic mass is 10.1. The van der Waals surface area contributed by atoms with E-state index < -0.39 is 0 Å². The largest absolute Gasteiger partial charge is 0.356 e. The summed E-state index contributed by atoms with van der Waals surface area (Å²) in [5, 5.41) is 2.94. The quantitative estimate of drug-likeness (QED) is 0.728. The first-order valence-corrected chi connectivity index (χ1v) is 9.78. The summed E-state index contributed by atoms with van der Waals surface area (Å²) in [5.41, 5.74) is 0.699. The Morgan fingerprint density at radius 3 is 2.54 bits per heavy atom. The second kappa shape index (κ2) is 8.97. The fourth-order valence-corrected chi connectivity index (χ4v) is 4.04. The number of nitrogens with one attached hydrogen (secondary N) is 1. The lowest BCUT2D eigenvalue weighted by Gasteiger charge is -2.24. The predicted octanol–water partition coefficient (Wildman–Crippen LogP) is 2.95. The standard InChI is InChI=1S/C21H28N2O3/c24-19(17-7-2-1-3-8-17)11-6-12-20(25)22-14-16-13-21(26)23(15-16)18-9-4-5-10-18/h1-3,7-8,16,18H,4-6,9-15H2,(H,22,25)/t16-/m1/s1. The van der Waals surface area contributed by atoms with E-state index in [9.17, 15) is 14.4 Å². The van der Waals surface area contributed by atoms with Crippen LogP contribution in [0.5, 0.6) is 0 Å². The molecule has 1 aromatic carbocycles. The number of nitrogens with zero attached hydrogens (tertiary/aromatic N) is 1. The summed E-state index contributed by atoms with van der Waals surface area (Å²) in [6, 6.07) is 9.60. The molecule has 2 aliphatic rings. The lowest BCUT2D eigenvalue weighted by molar-refractivity contribution is -0.129. The first-order chi connectivity index (χ1) is 12.6. The average Bonchev–Trinajstić information content (AvgIpc) is 3.30. The maximum Gasteiger partial charge on any atom is 0.223 e. The van der Waals surface area contributed by atoms with Gasteiger partial charge in [-0.25, -0.2) is 0 Å². The molecule has 1 aliphatic heterocycles. The number of carbonyl (C=O) groups is 3. The molecule has 1 N–H and O–H groups in total. The Morgan fingerprint density at radius 1 is 1.08 bits per heavy atom. The van der Waals surface area contributed by atoms with Crippen molar-refractivity contribution in [3.05, 3.63) is 35.9 Å². The highest BCUT2D eigenvalue weighted by Crippen LogP contribution is 2.29. The molecule has 5 nitrogen and oxygen atoms in total. The fraction of sp³-hybridized carbons (Fsp3) is 0.571. The molecule has 5 heteroatoms. The Hall–Kier alpha value is -2.17. The number of hydrogen-bond donors (Lipinski definition) is 1. The number of hydrogen-bond acceptors (Lipinski definition) is 3. The SMILES string of the molecule is O=C(CCCC(=O)c1ccccc1)NC[C@H]1CC(=O)N(C2CCCC2)C1. The first-order valence-electron chi connectivity index (χ1n) is 9.78. The van der Waals surface area contributed by atoms with Gasteiger partial charge in [-0.2, -0.15) is 0 Å². The van der Waals surface area contributed by atoms with Crippen LogP contribution >= 0.6 is 0 Å². The number of Topliss-reactive ketones (excluding diaryl/α,β-unsaturated/α-hetero) is 1. The molecule has 0 aromatic heterocycles. The van der Waals surface area contributed by atoms with E-state index in [0.717, 1.165) is 19.4 Å². The number of amides is 2. The Kier molecular flexibility index (Phi) is 6.42. The van der Waals surface area contributed by atoms with Gasteiger partial charge in [0.25, 0.3) is 0 Å².